The number of pyridine rings is 1. The molecule has 28 heavy (non-hydrogen) atoms. The van der Waals surface area contributed by atoms with Gasteiger partial charge in [-0.2, -0.15) is 0 Å². The summed E-state index contributed by atoms with van der Waals surface area (Å²) in [6, 6.07) is 13.7. The number of nitrogens with zero attached hydrogens (tertiary/aromatic N) is 3. The van der Waals surface area contributed by atoms with Gasteiger partial charge in [-0.25, -0.2) is 4.98 Å². The van der Waals surface area contributed by atoms with Crippen molar-refractivity contribution in [2.24, 2.45) is 5.92 Å². The van der Waals surface area contributed by atoms with Gasteiger partial charge in [-0.15, -0.1) is 0 Å². The molecule has 0 radical (unpaired) electrons. The van der Waals surface area contributed by atoms with Crippen LogP contribution >= 0.6 is 0 Å². The van der Waals surface area contributed by atoms with E-state index in [4.69, 9.17) is 0 Å². The second-order valence-corrected chi connectivity index (χ2v) is 7.60. The van der Waals surface area contributed by atoms with E-state index in [0.29, 0.717) is 18.9 Å². The molecule has 0 aliphatic carbocycles. The minimum atomic E-state index is -0.334. The Morgan fingerprint density at radius 3 is 2.57 bits per heavy atom. The molecule has 4 rings (SSSR count). The molecular formula is C22H26N4O2. The maximum Gasteiger partial charge on any atom is 0.230 e. The van der Waals surface area contributed by atoms with Crippen LogP contribution in [0.5, 0.6) is 0 Å². The summed E-state index contributed by atoms with van der Waals surface area (Å²) in [5, 5.41) is 2.87. The number of anilines is 2. The van der Waals surface area contributed by atoms with E-state index < -0.39 is 0 Å². The van der Waals surface area contributed by atoms with Crippen LogP contribution in [0.15, 0.2) is 48.7 Å². The molecule has 1 N–H and O–H groups in total. The van der Waals surface area contributed by atoms with Gasteiger partial charge < -0.3 is 15.1 Å². The summed E-state index contributed by atoms with van der Waals surface area (Å²) in [6.45, 7) is 3.13. The third kappa shape index (κ3) is 4.32. The van der Waals surface area contributed by atoms with Gasteiger partial charge in [0, 0.05) is 32.6 Å². The van der Waals surface area contributed by atoms with Crippen molar-refractivity contribution in [2.75, 3.05) is 29.9 Å². The third-order valence-corrected chi connectivity index (χ3v) is 5.52. The van der Waals surface area contributed by atoms with Gasteiger partial charge in [0.25, 0.3) is 0 Å². The van der Waals surface area contributed by atoms with Crippen LogP contribution in [0, 0.1) is 5.92 Å². The third-order valence-electron chi connectivity index (χ3n) is 5.52. The Morgan fingerprint density at radius 2 is 1.86 bits per heavy atom. The fourth-order valence-corrected chi connectivity index (χ4v) is 3.93. The highest BCUT2D eigenvalue weighted by atomic mass is 16.2. The van der Waals surface area contributed by atoms with E-state index >= 15 is 0 Å². The van der Waals surface area contributed by atoms with Crippen LogP contribution in [0.3, 0.4) is 0 Å². The topological polar surface area (TPSA) is 65.5 Å². The van der Waals surface area contributed by atoms with Crippen LogP contribution in [-0.2, 0) is 16.1 Å². The number of carbonyl (C=O) groups excluding carboxylic acids is 2. The second-order valence-electron chi connectivity index (χ2n) is 7.60. The molecule has 0 saturated carbocycles. The number of benzene rings is 1. The van der Waals surface area contributed by atoms with E-state index in [9.17, 15) is 9.59 Å². The molecule has 1 unspecified atom stereocenters. The fourth-order valence-electron chi connectivity index (χ4n) is 3.93. The van der Waals surface area contributed by atoms with E-state index in [1.165, 1.54) is 19.3 Å². The van der Waals surface area contributed by atoms with Crippen LogP contribution < -0.4 is 10.2 Å². The average Bonchev–Trinajstić information content (AvgIpc) is 3.10. The SMILES string of the molecule is O=C(Nc1ccc(N2CCCCC2)cn1)C1CC(=O)N(Cc2ccccc2)C1. The molecular weight excluding hydrogens is 352 g/mol. The Kier molecular flexibility index (Phi) is 5.55. The second kappa shape index (κ2) is 8.42. The number of rotatable bonds is 5. The van der Waals surface area contributed by atoms with Crippen LogP contribution in [0.4, 0.5) is 11.5 Å². The Morgan fingerprint density at radius 1 is 1.07 bits per heavy atom. The van der Waals surface area contributed by atoms with Crippen LogP contribution in [0.1, 0.15) is 31.2 Å². The Balaban J connectivity index is 1.33. The lowest BCUT2D eigenvalue weighted by Gasteiger charge is -2.28. The lowest BCUT2D eigenvalue weighted by atomic mass is 10.1. The van der Waals surface area contributed by atoms with E-state index in [1.807, 2.05) is 48.7 Å². The summed E-state index contributed by atoms with van der Waals surface area (Å²) in [6.07, 6.45) is 5.80. The first-order chi connectivity index (χ1) is 13.7. The number of likely N-dealkylation sites (tertiary alicyclic amines) is 1. The molecule has 0 bridgehead atoms. The van der Waals surface area contributed by atoms with Crippen molar-refractivity contribution in [3.05, 3.63) is 54.2 Å². The average molecular weight is 378 g/mol. The van der Waals surface area contributed by atoms with Crippen molar-refractivity contribution in [1.82, 2.24) is 9.88 Å². The molecule has 2 aliphatic rings. The minimum Gasteiger partial charge on any atom is -0.370 e. The smallest absolute Gasteiger partial charge is 0.230 e. The Hall–Kier alpha value is -2.89. The normalized spacial score (nSPS) is 19.7. The van der Waals surface area contributed by atoms with Gasteiger partial charge >= 0.3 is 0 Å². The molecule has 2 aliphatic heterocycles. The first kappa shape index (κ1) is 18.5. The predicted molar refractivity (Wildman–Crippen MR) is 109 cm³/mol. The van der Waals surface area contributed by atoms with Gasteiger partial charge in [0.15, 0.2) is 0 Å². The molecule has 1 aromatic carbocycles. The molecule has 3 heterocycles. The zero-order valence-corrected chi connectivity index (χ0v) is 16.0. The number of hydrogen-bond acceptors (Lipinski definition) is 4. The van der Waals surface area contributed by atoms with Crippen molar-refractivity contribution < 1.29 is 9.59 Å². The zero-order chi connectivity index (χ0) is 19.3. The first-order valence-corrected chi connectivity index (χ1v) is 10.0. The Labute approximate surface area is 165 Å². The molecule has 2 amide bonds. The van der Waals surface area contributed by atoms with Gasteiger partial charge in [0.1, 0.15) is 5.82 Å². The van der Waals surface area contributed by atoms with Crippen molar-refractivity contribution in [1.29, 1.82) is 0 Å². The van der Waals surface area contributed by atoms with Gasteiger partial charge in [-0.1, -0.05) is 30.3 Å². The van der Waals surface area contributed by atoms with Gasteiger partial charge in [0.05, 0.1) is 17.8 Å². The number of amides is 2. The first-order valence-electron chi connectivity index (χ1n) is 10.0. The predicted octanol–water partition coefficient (Wildman–Crippen LogP) is 3.06. The summed E-state index contributed by atoms with van der Waals surface area (Å²) in [7, 11) is 0. The molecule has 0 spiro atoms. The molecule has 6 heteroatoms. The van der Waals surface area contributed by atoms with Crippen molar-refractivity contribution in [3.8, 4) is 0 Å². The van der Waals surface area contributed by atoms with Crippen molar-refractivity contribution >= 4 is 23.3 Å². The van der Waals surface area contributed by atoms with E-state index in [-0.39, 0.29) is 24.2 Å². The maximum atomic E-state index is 12.6. The highest BCUT2D eigenvalue weighted by molar-refractivity contribution is 5.96. The molecule has 2 saturated heterocycles. The molecule has 2 fully saturated rings. The highest BCUT2D eigenvalue weighted by Crippen LogP contribution is 2.23. The van der Waals surface area contributed by atoms with Crippen molar-refractivity contribution in [2.45, 2.75) is 32.2 Å². The number of carbonyl (C=O) groups is 2. The molecule has 146 valence electrons. The van der Waals surface area contributed by atoms with Gasteiger partial charge in [-0.05, 0) is 37.0 Å². The lowest BCUT2D eigenvalue weighted by Crippen LogP contribution is -2.29. The molecule has 1 atom stereocenters. The van der Waals surface area contributed by atoms with E-state index in [2.05, 4.69) is 15.2 Å². The largest absolute Gasteiger partial charge is 0.370 e. The zero-order valence-electron chi connectivity index (χ0n) is 16.0. The molecule has 2 aromatic rings. The number of nitrogens with one attached hydrogen (secondary N) is 1. The van der Waals surface area contributed by atoms with Gasteiger partial charge in [0.2, 0.25) is 11.8 Å². The highest BCUT2D eigenvalue weighted by Gasteiger charge is 2.34. The number of hydrogen-bond donors (Lipinski definition) is 1. The van der Waals surface area contributed by atoms with Crippen molar-refractivity contribution in [3.63, 3.8) is 0 Å². The van der Waals surface area contributed by atoms with E-state index in [0.717, 1.165) is 24.3 Å². The fraction of sp³-hybridized carbons (Fsp3) is 0.409. The number of piperidine rings is 1. The minimum absolute atomic E-state index is 0.0254. The summed E-state index contributed by atoms with van der Waals surface area (Å²) >= 11 is 0. The summed E-state index contributed by atoms with van der Waals surface area (Å²) in [5.74, 6) is 0.0963. The monoisotopic (exact) mass is 378 g/mol. The van der Waals surface area contributed by atoms with Crippen LogP contribution in [0.25, 0.3) is 0 Å². The van der Waals surface area contributed by atoms with Crippen LogP contribution in [0.2, 0.25) is 0 Å². The van der Waals surface area contributed by atoms with Crippen LogP contribution in [-0.4, -0.2) is 41.3 Å². The summed E-state index contributed by atoms with van der Waals surface area (Å²) < 4.78 is 0. The maximum absolute atomic E-state index is 12.6. The summed E-state index contributed by atoms with van der Waals surface area (Å²) in [4.78, 5) is 33.4. The van der Waals surface area contributed by atoms with E-state index in [1.54, 1.807) is 4.90 Å². The quantitative estimate of drug-likeness (QED) is 0.868. The molecule has 1 aromatic heterocycles. The standard InChI is InChI=1S/C22H26N4O2/c27-21-13-18(16-26(21)15-17-7-3-1-4-8-17)22(28)24-20-10-9-19(14-23-20)25-11-5-2-6-12-25/h1,3-4,7-10,14,18H,2,5-6,11-13,15-16H2,(H,23,24,28). The summed E-state index contributed by atoms with van der Waals surface area (Å²) in [5.41, 5.74) is 2.18. The number of aromatic nitrogens is 1. The Bertz CT molecular complexity index is 816. The lowest BCUT2D eigenvalue weighted by molar-refractivity contribution is -0.128. The molecule has 6 nitrogen and oxygen atoms in total. The van der Waals surface area contributed by atoms with Gasteiger partial charge in [-0.3, -0.25) is 9.59 Å².